The van der Waals surface area contributed by atoms with Gasteiger partial charge in [-0.1, -0.05) is 30.7 Å². The van der Waals surface area contributed by atoms with Gasteiger partial charge in [-0.05, 0) is 64.2 Å². The van der Waals surface area contributed by atoms with Crippen molar-refractivity contribution in [2.75, 3.05) is 7.11 Å². The summed E-state index contributed by atoms with van der Waals surface area (Å²) < 4.78 is 5.06. The highest BCUT2D eigenvalue weighted by atomic mass is 16.5. The highest BCUT2D eigenvalue weighted by Crippen LogP contribution is 2.56. The molecule has 0 spiro atoms. The Hall–Kier alpha value is -1.97. The van der Waals surface area contributed by atoms with E-state index in [0.717, 1.165) is 5.57 Å². The van der Waals surface area contributed by atoms with Crippen molar-refractivity contribution < 1.29 is 19.1 Å². The molecule has 27 heavy (non-hydrogen) atoms. The van der Waals surface area contributed by atoms with Crippen LogP contribution in [0.4, 0.5) is 0 Å². The molecule has 1 fully saturated rings. The van der Waals surface area contributed by atoms with Crippen LogP contribution in [0.2, 0.25) is 0 Å². The Morgan fingerprint density at radius 2 is 1.85 bits per heavy atom. The van der Waals surface area contributed by atoms with Crippen LogP contribution in [0.3, 0.4) is 0 Å². The maximum absolute atomic E-state index is 13.6. The molecule has 4 nitrogen and oxygen atoms in total. The first kappa shape index (κ1) is 23.1. The molecule has 1 rings (SSSR count). The number of hydrogen-bond acceptors (Lipinski definition) is 4. The van der Waals surface area contributed by atoms with Crippen molar-refractivity contribution in [3.63, 3.8) is 0 Å². The predicted octanol–water partition coefficient (Wildman–Crippen LogP) is 4.84. The molecule has 1 unspecified atom stereocenters. The second-order valence-electron chi connectivity index (χ2n) is 8.23. The fourth-order valence-electron chi connectivity index (χ4n) is 4.55. The van der Waals surface area contributed by atoms with Crippen LogP contribution in [0, 0.1) is 22.7 Å². The molecule has 1 aliphatic carbocycles. The Bertz CT molecular complexity index is 641. The van der Waals surface area contributed by atoms with Crippen LogP contribution in [0.25, 0.3) is 0 Å². The van der Waals surface area contributed by atoms with Crippen LogP contribution in [0.5, 0.6) is 0 Å². The molecule has 0 amide bonds. The van der Waals surface area contributed by atoms with Crippen LogP contribution < -0.4 is 0 Å². The lowest BCUT2D eigenvalue weighted by Crippen LogP contribution is -2.58. The quantitative estimate of drug-likeness (QED) is 0.329. The number of ketones is 2. The van der Waals surface area contributed by atoms with E-state index < -0.39 is 22.7 Å². The molecule has 150 valence electrons. The van der Waals surface area contributed by atoms with Crippen molar-refractivity contribution in [1.82, 2.24) is 0 Å². The van der Waals surface area contributed by atoms with Crippen LogP contribution in [0.1, 0.15) is 59.8 Å². The number of esters is 1. The molecule has 0 aromatic rings. The van der Waals surface area contributed by atoms with Gasteiger partial charge in [0.25, 0.3) is 0 Å². The van der Waals surface area contributed by atoms with Crippen LogP contribution in [0.15, 0.2) is 37.0 Å². The molecule has 0 aromatic heterocycles. The Morgan fingerprint density at radius 3 is 2.30 bits per heavy atom. The zero-order chi connectivity index (χ0) is 20.8. The molecule has 0 saturated heterocycles. The summed E-state index contributed by atoms with van der Waals surface area (Å²) in [7, 11) is 1.30. The monoisotopic (exact) mass is 374 g/mol. The minimum atomic E-state index is -1.32. The highest BCUT2D eigenvalue weighted by Gasteiger charge is 2.61. The SMILES string of the molecule is C=CCC[C@@]1(C)C(C(C)=O)C(=O)[C@](CC=C(C)C)(C(=O)OC)C[C@@H]1CC=C. The number of methoxy groups -OCH3 is 1. The van der Waals surface area contributed by atoms with Crippen molar-refractivity contribution in [2.24, 2.45) is 22.7 Å². The number of hydrogen-bond donors (Lipinski definition) is 0. The van der Waals surface area contributed by atoms with Gasteiger partial charge in [-0.15, -0.1) is 13.2 Å². The summed E-state index contributed by atoms with van der Waals surface area (Å²) in [6, 6.07) is 0. The third-order valence-electron chi connectivity index (χ3n) is 6.10. The average Bonchev–Trinajstić information content (AvgIpc) is 2.60. The molecular formula is C23H34O4. The first-order chi connectivity index (χ1) is 12.6. The second-order valence-corrected chi connectivity index (χ2v) is 8.23. The van der Waals surface area contributed by atoms with Crippen molar-refractivity contribution in [1.29, 1.82) is 0 Å². The molecule has 4 atom stereocenters. The van der Waals surface area contributed by atoms with Gasteiger partial charge in [-0.3, -0.25) is 14.4 Å². The van der Waals surface area contributed by atoms with Crippen LogP contribution in [-0.4, -0.2) is 24.6 Å². The van der Waals surface area contributed by atoms with Gasteiger partial charge in [0.1, 0.15) is 11.2 Å². The average molecular weight is 375 g/mol. The van der Waals surface area contributed by atoms with Gasteiger partial charge in [0.05, 0.1) is 13.0 Å². The van der Waals surface area contributed by atoms with Gasteiger partial charge >= 0.3 is 5.97 Å². The second kappa shape index (κ2) is 9.29. The third-order valence-corrected chi connectivity index (χ3v) is 6.10. The number of Topliss-reactive ketones (excluding diaryl/α,β-unsaturated/α-hetero) is 2. The van der Waals surface area contributed by atoms with E-state index in [-0.39, 0.29) is 23.9 Å². The lowest BCUT2D eigenvalue weighted by atomic mass is 9.49. The van der Waals surface area contributed by atoms with E-state index in [9.17, 15) is 14.4 Å². The zero-order valence-corrected chi connectivity index (χ0v) is 17.5. The summed E-state index contributed by atoms with van der Waals surface area (Å²) in [4.78, 5) is 39.1. The molecule has 0 heterocycles. The van der Waals surface area contributed by atoms with E-state index >= 15 is 0 Å². The molecule has 0 aliphatic heterocycles. The summed E-state index contributed by atoms with van der Waals surface area (Å²) in [5.41, 5.74) is -0.831. The van der Waals surface area contributed by atoms with E-state index in [1.807, 2.05) is 39.0 Å². The minimum absolute atomic E-state index is 0.0220. The highest BCUT2D eigenvalue weighted by molar-refractivity contribution is 6.14. The largest absolute Gasteiger partial charge is 0.468 e. The molecule has 1 aliphatic rings. The molecule has 4 heteroatoms. The number of allylic oxidation sites excluding steroid dienone is 4. The smallest absolute Gasteiger partial charge is 0.319 e. The standard InChI is InChI=1S/C23H34O4/c1-8-10-13-22(6)18(11-9-2)15-23(21(26)27-7,14-12-16(3)4)20(25)19(22)17(5)24/h8-9,12,18-19H,1-2,10-11,13-15H2,3-7H3/t18-,19?,22+,23+/m0/s1. The van der Waals surface area contributed by atoms with Crippen LogP contribution in [-0.2, 0) is 19.1 Å². The van der Waals surface area contributed by atoms with E-state index in [4.69, 9.17) is 4.74 Å². The summed E-state index contributed by atoms with van der Waals surface area (Å²) in [6.45, 7) is 14.9. The Labute approximate surface area is 163 Å². The van der Waals surface area contributed by atoms with Gasteiger partial charge < -0.3 is 4.74 Å². The maximum atomic E-state index is 13.6. The maximum Gasteiger partial charge on any atom is 0.319 e. The first-order valence-corrected chi connectivity index (χ1v) is 9.59. The Morgan fingerprint density at radius 1 is 1.22 bits per heavy atom. The van der Waals surface area contributed by atoms with Crippen molar-refractivity contribution >= 4 is 17.5 Å². The molecule has 0 aromatic carbocycles. The van der Waals surface area contributed by atoms with Crippen molar-refractivity contribution in [2.45, 2.75) is 59.8 Å². The van der Waals surface area contributed by atoms with E-state index in [1.54, 1.807) is 0 Å². The fourth-order valence-corrected chi connectivity index (χ4v) is 4.55. The lowest BCUT2D eigenvalue weighted by molar-refractivity contribution is -0.171. The van der Waals surface area contributed by atoms with Gasteiger partial charge in [0.15, 0.2) is 5.78 Å². The molecule has 0 bridgehead atoms. The van der Waals surface area contributed by atoms with Crippen LogP contribution >= 0.6 is 0 Å². The molecule has 0 radical (unpaired) electrons. The topological polar surface area (TPSA) is 60.4 Å². The summed E-state index contributed by atoms with van der Waals surface area (Å²) in [5, 5.41) is 0. The number of carbonyl (C=O) groups excluding carboxylic acids is 3. The molecule has 1 saturated carbocycles. The zero-order valence-electron chi connectivity index (χ0n) is 17.5. The predicted molar refractivity (Wildman–Crippen MR) is 108 cm³/mol. The van der Waals surface area contributed by atoms with Gasteiger partial charge in [-0.2, -0.15) is 0 Å². The third kappa shape index (κ3) is 4.48. The Balaban J connectivity index is 3.61. The molecule has 0 N–H and O–H groups in total. The fraction of sp³-hybridized carbons (Fsp3) is 0.609. The number of carbonyl (C=O) groups is 3. The van der Waals surface area contributed by atoms with E-state index in [1.165, 1.54) is 14.0 Å². The summed E-state index contributed by atoms with van der Waals surface area (Å²) >= 11 is 0. The Kier molecular flexibility index (Phi) is 7.94. The van der Waals surface area contributed by atoms with Gasteiger partial charge in [-0.25, -0.2) is 0 Å². The van der Waals surface area contributed by atoms with Gasteiger partial charge in [0.2, 0.25) is 0 Å². The summed E-state index contributed by atoms with van der Waals surface area (Å²) in [6.07, 6.45) is 8.16. The van der Waals surface area contributed by atoms with Gasteiger partial charge in [0, 0.05) is 0 Å². The lowest BCUT2D eigenvalue weighted by Gasteiger charge is -2.51. The van der Waals surface area contributed by atoms with E-state index in [0.29, 0.717) is 25.7 Å². The molecular weight excluding hydrogens is 340 g/mol. The van der Waals surface area contributed by atoms with Crippen molar-refractivity contribution in [3.8, 4) is 0 Å². The minimum Gasteiger partial charge on any atom is -0.468 e. The normalized spacial score (nSPS) is 30.3. The number of rotatable bonds is 9. The first-order valence-electron chi connectivity index (χ1n) is 9.59. The summed E-state index contributed by atoms with van der Waals surface area (Å²) in [5.74, 6) is -1.89. The van der Waals surface area contributed by atoms with Crippen molar-refractivity contribution in [3.05, 3.63) is 37.0 Å². The van der Waals surface area contributed by atoms with E-state index in [2.05, 4.69) is 13.2 Å². The number of ether oxygens (including phenoxy) is 1.